The highest BCUT2D eigenvalue weighted by Crippen LogP contribution is 2.27. The zero-order valence-electron chi connectivity index (χ0n) is 10.1. The number of nitrogens with one attached hydrogen (secondary N) is 1. The molecule has 0 radical (unpaired) electrons. The largest absolute Gasteiger partial charge is 0.488 e. The van der Waals surface area contributed by atoms with Gasteiger partial charge in [-0.3, -0.25) is 4.79 Å². The van der Waals surface area contributed by atoms with E-state index in [4.69, 9.17) is 20.8 Å². The monoisotopic (exact) mass is 277 g/mol. The third kappa shape index (κ3) is 2.58. The lowest BCUT2D eigenvalue weighted by atomic mass is 10.1. The highest BCUT2D eigenvalue weighted by atomic mass is 35.5. The van der Waals surface area contributed by atoms with E-state index in [0.717, 1.165) is 12.2 Å². The molecular formula is C14H12ClNO3. The van der Waals surface area contributed by atoms with E-state index < -0.39 is 0 Å². The summed E-state index contributed by atoms with van der Waals surface area (Å²) in [6.45, 7) is 0.436. The SMILES string of the molecule is O=C(NC[C@@H]1Cc2ccccc2O1)c1ccc(Cl)o1. The molecule has 0 unspecified atom stereocenters. The van der Waals surface area contributed by atoms with Crippen molar-refractivity contribution in [3.8, 4) is 5.75 Å². The molecule has 1 aromatic heterocycles. The molecule has 0 saturated heterocycles. The van der Waals surface area contributed by atoms with E-state index >= 15 is 0 Å². The number of rotatable bonds is 3. The van der Waals surface area contributed by atoms with Crippen molar-refractivity contribution in [3.05, 3.63) is 52.9 Å². The summed E-state index contributed by atoms with van der Waals surface area (Å²) >= 11 is 5.62. The van der Waals surface area contributed by atoms with Gasteiger partial charge in [0.05, 0.1) is 6.54 Å². The molecule has 1 aromatic carbocycles. The summed E-state index contributed by atoms with van der Waals surface area (Å²) in [4.78, 5) is 11.8. The van der Waals surface area contributed by atoms with E-state index in [0.29, 0.717) is 6.54 Å². The number of fused-ring (bicyclic) bond motifs is 1. The summed E-state index contributed by atoms with van der Waals surface area (Å²) in [6.07, 6.45) is 0.766. The summed E-state index contributed by atoms with van der Waals surface area (Å²) in [7, 11) is 0. The van der Waals surface area contributed by atoms with Crippen molar-refractivity contribution in [1.29, 1.82) is 0 Å². The van der Waals surface area contributed by atoms with Crippen LogP contribution >= 0.6 is 11.6 Å². The second-order valence-electron chi connectivity index (χ2n) is 4.37. The second-order valence-corrected chi connectivity index (χ2v) is 4.74. The normalized spacial score (nSPS) is 16.8. The summed E-state index contributed by atoms with van der Waals surface area (Å²) in [5, 5.41) is 2.98. The summed E-state index contributed by atoms with van der Waals surface area (Å²) in [6, 6.07) is 11.0. The van der Waals surface area contributed by atoms with Crippen molar-refractivity contribution in [3.63, 3.8) is 0 Å². The number of halogens is 1. The Labute approximate surface area is 115 Å². The number of carbonyl (C=O) groups excluding carboxylic acids is 1. The first-order valence-electron chi connectivity index (χ1n) is 6.00. The molecule has 1 amide bonds. The number of benzene rings is 1. The van der Waals surface area contributed by atoms with Gasteiger partial charge in [0, 0.05) is 6.42 Å². The Kier molecular flexibility index (Phi) is 3.17. The Hall–Kier alpha value is -1.94. The Morgan fingerprint density at radius 1 is 1.32 bits per heavy atom. The molecular weight excluding hydrogens is 266 g/mol. The molecule has 98 valence electrons. The predicted octanol–water partition coefficient (Wildman–Crippen LogP) is 2.67. The molecule has 2 heterocycles. The Bertz CT molecular complexity index is 583. The molecule has 5 heteroatoms. The maximum Gasteiger partial charge on any atom is 0.287 e. The van der Waals surface area contributed by atoms with Crippen LogP contribution in [0.3, 0.4) is 0 Å². The number of para-hydroxylation sites is 1. The molecule has 0 spiro atoms. The van der Waals surface area contributed by atoms with Crippen molar-refractivity contribution in [2.24, 2.45) is 0 Å². The van der Waals surface area contributed by atoms with Crippen molar-refractivity contribution in [2.45, 2.75) is 12.5 Å². The van der Waals surface area contributed by atoms with Gasteiger partial charge in [-0.15, -0.1) is 0 Å². The molecule has 1 atom stereocenters. The van der Waals surface area contributed by atoms with Crippen LogP contribution in [0.15, 0.2) is 40.8 Å². The minimum absolute atomic E-state index is 0.0354. The van der Waals surface area contributed by atoms with Crippen LogP contribution in [-0.4, -0.2) is 18.6 Å². The van der Waals surface area contributed by atoms with Gasteiger partial charge in [0.25, 0.3) is 5.91 Å². The number of amides is 1. The maximum absolute atomic E-state index is 11.8. The van der Waals surface area contributed by atoms with E-state index in [-0.39, 0.29) is 23.0 Å². The molecule has 4 nitrogen and oxygen atoms in total. The topological polar surface area (TPSA) is 51.5 Å². The van der Waals surface area contributed by atoms with Crippen LogP contribution in [0, 0.1) is 0 Å². The van der Waals surface area contributed by atoms with E-state index in [1.807, 2.05) is 24.3 Å². The van der Waals surface area contributed by atoms with Gasteiger partial charge in [0.1, 0.15) is 11.9 Å². The number of ether oxygens (including phenoxy) is 1. The van der Waals surface area contributed by atoms with Crippen LogP contribution in [0.25, 0.3) is 0 Å². The highest BCUT2D eigenvalue weighted by Gasteiger charge is 2.23. The van der Waals surface area contributed by atoms with Crippen molar-refractivity contribution in [2.75, 3.05) is 6.54 Å². The minimum atomic E-state index is -0.286. The van der Waals surface area contributed by atoms with Crippen LogP contribution in [0.2, 0.25) is 5.22 Å². The van der Waals surface area contributed by atoms with Crippen LogP contribution in [0.4, 0.5) is 0 Å². The van der Waals surface area contributed by atoms with Gasteiger partial charge < -0.3 is 14.5 Å². The van der Waals surface area contributed by atoms with E-state index in [1.54, 1.807) is 12.1 Å². The predicted molar refractivity (Wildman–Crippen MR) is 70.6 cm³/mol. The highest BCUT2D eigenvalue weighted by molar-refractivity contribution is 6.29. The molecule has 1 N–H and O–H groups in total. The van der Waals surface area contributed by atoms with Gasteiger partial charge in [0.15, 0.2) is 11.0 Å². The maximum atomic E-state index is 11.8. The Morgan fingerprint density at radius 3 is 2.89 bits per heavy atom. The second kappa shape index (κ2) is 4.97. The Morgan fingerprint density at radius 2 is 2.16 bits per heavy atom. The number of carbonyl (C=O) groups is 1. The number of hydrogen-bond acceptors (Lipinski definition) is 3. The zero-order chi connectivity index (χ0) is 13.2. The van der Waals surface area contributed by atoms with Crippen LogP contribution < -0.4 is 10.1 Å². The zero-order valence-corrected chi connectivity index (χ0v) is 10.8. The first-order chi connectivity index (χ1) is 9.22. The summed E-state index contributed by atoms with van der Waals surface area (Å²) in [5.74, 6) is 0.815. The van der Waals surface area contributed by atoms with Crippen LogP contribution in [0.5, 0.6) is 5.75 Å². The average molecular weight is 278 g/mol. The fourth-order valence-corrected chi connectivity index (χ4v) is 2.24. The Balaban J connectivity index is 1.56. The average Bonchev–Trinajstić information content (AvgIpc) is 3.01. The molecule has 1 aliphatic heterocycles. The third-order valence-corrected chi connectivity index (χ3v) is 3.20. The molecule has 19 heavy (non-hydrogen) atoms. The number of hydrogen-bond donors (Lipinski definition) is 1. The van der Waals surface area contributed by atoms with Crippen molar-refractivity contribution < 1.29 is 13.9 Å². The smallest absolute Gasteiger partial charge is 0.287 e. The summed E-state index contributed by atoms with van der Waals surface area (Å²) < 4.78 is 10.8. The molecule has 0 bridgehead atoms. The lowest BCUT2D eigenvalue weighted by Gasteiger charge is -2.10. The molecule has 1 aliphatic rings. The van der Waals surface area contributed by atoms with E-state index in [9.17, 15) is 4.79 Å². The molecule has 0 aliphatic carbocycles. The summed E-state index contributed by atoms with van der Waals surface area (Å²) in [5.41, 5.74) is 1.17. The fraction of sp³-hybridized carbons (Fsp3) is 0.214. The first-order valence-corrected chi connectivity index (χ1v) is 6.38. The van der Waals surface area contributed by atoms with Crippen LogP contribution in [-0.2, 0) is 6.42 Å². The van der Waals surface area contributed by atoms with Crippen LogP contribution in [0.1, 0.15) is 16.1 Å². The lowest BCUT2D eigenvalue weighted by Crippen LogP contribution is -2.34. The van der Waals surface area contributed by atoms with Gasteiger partial charge in [-0.1, -0.05) is 18.2 Å². The molecule has 2 aromatic rings. The quantitative estimate of drug-likeness (QED) is 0.938. The number of furan rings is 1. The van der Waals surface area contributed by atoms with Crippen molar-refractivity contribution >= 4 is 17.5 Å². The van der Waals surface area contributed by atoms with E-state index in [1.165, 1.54) is 5.56 Å². The molecule has 0 fully saturated rings. The lowest BCUT2D eigenvalue weighted by molar-refractivity contribution is 0.0906. The molecule has 0 saturated carbocycles. The minimum Gasteiger partial charge on any atom is -0.488 e. The van der Waals surface area contributed by atoms with Gasteiger partial charge in [-0.25, -0.2) is 0 Å². The molecule has 3 rings (SSSR count). The van der Waals surface area contributed by atoms with Gasteiger partial charge in [-0.05, 0) is 35.4 Å². The first kappa shape index (κ1) is 12.1. The standard InChI is InChI=1S/C14H12ClNO3/c15-13-6-5-12(19-13)14(17)16-8-10-7-9-3-1-2-4-11(9)18-10/h1-6,10H,7-8H2,(H,16,17)/t10-/m0/s1. The van der Waals surface area contributed by atoms with Crippen molar-refractivity contribution in [1.82, 2.24) is 5.32 Å². The van der Waals surface area contributed by atoms with Gasteiger partial charge in [0.2, 0.25) is 0 Å². The van der Waals surface area contributed by atoms with E-state index in [2.05, 4.69) is 5.32 Å². The van der Waals surface area contributed by atoms with Gasteiger partial charge >= 0.3 is 0 Å². The fourth-order valence-electron chi connectivity index (χ4n) is 2.10. The third-order valence-electron chi connectivity index (χ3n) is 3.00. The van der Waals surface area contributed by atoms with Gasteiger partial charge in [-0.2, -0.15) is 0 Å².